The van der Waals surface area contributed by atoms with Crippen LogP contribution in [0.3, 0.4) is 0 Å². The lowest BCUT2D eigenvalue weighted by molar-refractivity contribution is -0.115. The molecular formula is C14H9F2N3O. The molecule has 0 unspecified atom stereocenters. The summed E-state index contributed by atoms with van der Waals surface area (Å²) in [6, 6.07) is 8.50. The molecule has 2 aromatic rings. The molecule has 1 N–H and O–H groups in total. The van der Waals surface area contributed by atoms with Crippen molar-refractivity contribution >= 4 is 11.7 Å². The molecule has 1 aromatic heterocycles. The highest BCUT2D eigenvalue weighted by molar-refractivity contribution is 5.91. The van der Waals surface area contributed by atoms with Crippen LogP contribution in [0, 0.1) is 23.0 Å². The van der Waals surface area contributed by atoms with E-state index in [2.05, 4.69) is 10.3 Å². The fourth-order valence-electron chi connectivity index (χ4n) is 1.58. The molecule has 100 valence electrons. The summed E-state index contributed by atoms with van der Waals surface area (Å²) in [5.74, 6) is -2.31. The van der Waals surface area contributed by atoms with Gasteiger partial charge in [-0.1, -0.05) is 12.1 Å². The molecule has 0 saturated heterocycles. The predicted octanol–water partition coefficient (Wildman–Crippen LogP) is 2.41. The maximum absolute atomic E-state index is 13.4. The number of nitrogens with zero attached hydrogens (tertiary/aromatic N) is 2. The number of aromatic nitrogens is 1. The number of hydrogen-bond donors (Lipinski definition) is 1. The summed E-state index contributed by atoms with van der Waals surface area (Å²) in [6.07, 6.45) is 1.00. The fraction of sp³-hybridized carbons (Fsp3) is 0.0714. The zero-order chi connectivity index (χ0) is 14.5. The largest absolute Gasteiger partial charge is 0.310 e. The number of carbonyl (C=O) groups excluding carboxylic acids is 1. The van der Waals surface area contributed by atoms with E-state index in [0.717, 1.165) is 6.07 Å². The molecule has 0 bridgehead atoms. The zero-order valence-corrected chi connectivity index (χ0v) is 10.2. The van der Waals surface area contributed by atoms with Gasteiger partial charge in [0.15, 0.2) is 11.6 Å². The number of carbonyl (C=O) groups is 1. The highest BCUT2D eigenvalue weighted by atomic mass is 19.2. The molecule has 0 atom stereocenters. The number of nitrogens with one attached hydrogen (secondary N) is 1. The molecule has 6 heteroatoms. The topological polar surface area (TPSA) is 65.8 Å². The first-order valence-electron chi connectivity index (χ1n) is 5.69. The third-order valence-electron chi connectivity index (χ3n) is 2.54. The van der Waals surface area contributed by atoms with Crippen molar-refractivity contribution in [1.29, 1.82) is 5.26 Å². The minimum absolute atomic E-state index is 0.0313. The smallest absolute Gasteiger partial charge is 0.230 e. The lowest BCUT2D eigenvalue weighted by atomic mass is 10.1. The standard InChI is InChI=1S/C14H9F2N3O/c15-11-3-1-2-10(14(11)16)6-13(20)19-12-5-4-9(7-17)8-18-12/h1-5,8H,6H2,(H,18,19,20). The number of halogens is 2. The van der Waals surface area contributed by atoms with Gasteiger partial charge in [-0.3, -0.25) is 4.79 Å². The highest BCUT2D eigenvalue weighted by Gasteiger charge is 2.12. The quantitative estimate of drug-likeness (QED) is 0.933. The molecule has 1 heterocycles. The van der Waals surface area contributed by atoms with E-state index < -0.39 is 17.5 Å². The summed E-state index contributed by atoms with van der Waals surface area (Å²) in [5.41, 5.74) is 0.329. The van der Waals surface area contributed by atoms with Gasteiger partial charge >= 0.3 is 0 Å². The highest BCUT2D eigenvalue weighted by Crippen LogP contribution is 2.13. The van der Waals surface area contributed by atoms with Gasteiger partial charge in [0.05, 0.1) is 12.0 Å². The van der Waals surface area contributed by atoms with Crippen molar-refractivity contribution in [2.45, 2.75) is 6.42 Å². The number of anilines is 1. The molecule has 1 aromatic carbocycles. The van der Waals surface area contributed by atoms with Gasteiger partial charge in [-0.15, -0.1) is 0 Å². The van der Waals surface area contributed by atoms with Crippen LogP contribution >= 0.6 is 0 Å². The van der Waals surface area contributed by atoms with Gasteiger partial charge in [0.2, 0.25) is 5.91 Å². The Balaban J connectivity index is 2.05. The molecule has 0 fully saturated rings. The monoisotopic (exact) mass is 273 g/mol. The lowest BCUT2D eigenvalue weighted by Crippen LogP contribution is -2.16. The second-order valence-electron chi connectivity index (χ2n) is 3.98. The third-order valence-corrected chi connectivity index (χ3v) is 2.54. The Kier molecular flexibility index (Phi) is 4.01. The Hall–Kier alpha value is -2.81. The lowest BCUT2D eigenvalue weighted by Gasteiger charge is -2.05. The van der Waals surface area contributed by atoms with Gasteiger partial charge in [0, 0.05) is 11.8 Å². The first-order valence-corrected chi connectivity index (χ1v) is 5.69. The van der Waals surface area contributed by atoms with E-state index in [1.54, 1.807) is 0 Å². The number of hydrogen-bond acceptors (Lipinski definition) is 3. The van der Waals surface area contributed by atoms with Gasteiger partial charge in [-0.05, 0) is 18.2 Å². The van der Waals surface area contributed by atoms with Crippen LogP contribution in [0.25, 0.3) is 0 Å². The summed E-state index contributed by atoms with van der Waals surface area (Å²) in [5, 5.41) is 11.0. The average molecular weight is 273 g/mol. The van der Waals surface area contributed by atoms with Crippen LogP contribution in [0.15, 0.2) is 36.5 Å². The van der Waals surface area contributed by atoms with E-state index in [4.69, 9.17) is 5.26 Å². The second kappa shape index (κ2) is 5.89. The first-order chi connectivity index (χ1) is 9.60. The van der Waals surface area contributed by atoms with E-state index in [-0.39, 0.29) is 17.8 Å². The first kappa shape index (κ1) is 13.6. The molecule has 0 aliphatic rings. The Morgan fingerprint density at radius 1 is 1.30 bits per heavy atom. The average Bonchev–Trinajstić information content (AvgIpc) is 2.45. The van der Waals surface area contributed by atoms with Crippen molar-refractivity contribution in [2.75, 3.05) is 5.32 Å². The van der Waals surface area contributed by atoms with Gasteiger partial charge in [0.1, 0.15) is 11.9 Å². The van der Waals surface area contributed by atoms with E-state index in [9.17, 15) is 13.6 Å². The minimum atomic E-state index is -1.03. The summed E-state index contributed by atoms with van der Waals surface area (Å²) in [7, 11) is 0. The molecule has 0 spiro atoms. The van der Waals surface area contributed by atoms with Crippen LogP contribution in [-0.4, -0.2) is 10.9 Å². The van der Waals surface area contributed by atoms with E-state index in [1.165, 1.54) is 30.5 Å². The molecule has 20 heavy (non-hydrogen) atoms. The van der Waals surface area contributed by atoms with Crippen molar-refractivity contribution in [3.05, 3.63) is 59.3 Å². The van der Waals surface area contributed by atoms with E-state index in [0.29, 0.717) is 5.56 Å². The van der Waals surface area contributed by atoms with E-state index >= 15 is 0 Å². The van der Waals surface area contributed by atoms with Crippen molar-refractivity contribution in [3.8, 4) is 6.07 Å². The summed E-state index contributed by atoms with van der Waals surface area (Å²) < 4.78 is 26.4. The van der Waals surface area contributed by atoms with Crippen LogP contribution in [-0.2, 0) is 11.2 Å². The second-order valence-corrected chi connectivity index (χ2v) is 3.98. The maximum Gasteiger partial charge on any atom is 0.230 e. The van der Waals surface area contributed by atoms with Crippen LogP contribution < -0.4 is 5.32 Å². The predicted molar refractivity (Wildman–Crippen MR) is 67.6 cm³/mol. The zero-order valence-electron chi connectivity index (χ0n) is 10.2. The fourth-order valence-corrected chi connectivity index (χ4v) is 1.58. The summed E-state index contributed by atoms with van der Waals surface area (Å²) in [6.45, 7) is 0. The number of pyridine rings is 1. The summed E-state index contributed by atoms with van der Waals surface area (Å²) >= 11 is 0. The number of nitriles is 1. The molecule has 1 amide bonds. The molecule has 0 saturated carbocycles. The third kappa shape index (κ3) is 3.14. The maximum atomic E-state index is 13.4. The number of rotatable bonds is 3. The van der Waals surface area contributed by atoms with Crippen molar-refractivity contribution in [3.63, 3.8) is 0 Å². The van der Waals surface area contributed by atoms with E-state index in [1.807, 2.05) is 6.07 Å². The van der Waals surface area contributed by atoms with Crippen LogP contribution in [0.4, 0.5) is 14.6 Å². The Morgan fingerprint density at radius 3 is 2.75 bits per heavy atom. The van der Waals surface area contributed by atoms with Crippen LogP contribution in [0.2, 0.25) is 0 Å². The van der Waals surface area contributed by atoms with Gasteiger partial charge in [0.25, 0.3) is 0 Å². The molecular weight excluding hydrogens is 264 g/mol. The molecule has 0 aliphatic carbocycles. The normalized spacial score (nSPS) is 9.85. The minimum Gasteiger partial charge on any atom is -0.310 e. The molecule has 2 rings (SSSR count). The van der Waals surface area contributed by atoms with Crippen LogP contribution in [0.1, 0.15) is 11.1 Å². The Labute approximate surface area is 113 Å². The Morgan fingerprint density at radius 2 is 2.10 bits per heavy atom. The number of benzene rings is 1. The van der Waals surface area contributed by atoms with Gasteiger partial charge in [-0.25, -0.2) is 13.8 Å². The molecule has 0 radical (unpaired) electrons. The summed E-state index contributed by atoms with van der Waals surface area (Å²) in [4.78, 5) is 15.5. The molecule has 0 aliphatic heterocycles. The van der Waals surface area contributed by atoms with Crippen LogP contribution in [0.5, 0.6) is 0 Å². The van der Waals surface area contributed by atoms with Crippen molar-refractivity contribution < 1.29 is 13.6 Å². The number of amides is 1. The van der Waals surface area contributed by atoms with Crippen molar-refractivity contribution in [2.24, 2.45) is 0 Å². The van der Waals surface area contributed by atoms with Gasteiger partial charge < -0.3 is 5.32 Å². The van der Waals surface area contributed by atoms with Crippen molar-refractivity contribution in [1.82, 2.24) is 4.98 Å². The Bertz CT molecular complexity index is 678. The SMILES string of the molecule is N#Cc1ccc(NC(=O)Cc2cccc(F)c2F)nc1. The molecule has 4 nitrogen and oxygen atoms in total. The van der Waals surface area contributed by atoms with Gasteiger partial charge in [-0.2, -0.15) is 5.26 Å².